The van der Waals surface area contributed by atoms with Gasteiger partial charge in [-0.05, 0) is 11.6 Å². The molecular formula is C13H15F3N2O. The van der Waals surface area contributed by atoms with Crippen LogP contribution in [0.1, 0.15) is 17.9 Å². The summed E-state index contributed by atoms with van der Waals surface area (Å²) in [6.07, 6.45) is -5.21. The second kappa shape index (κ2) is 5.11. The van der Waals surface area contributed by atoms with Crippen molar-refractivity contribution in [2.45, 2.75) is 18.5 Å². The van der Waals surface area contributed by atoms with E-state index in [2.05, 4.69) is 5.32 Å². The first-order chi connectivity index (χ1) is 8.88. The van der Waals surface area contributed by atoms with Crippen molar-refractivity contribution < 1.29 is 18.0 Å². The van der Waals surface area contributed by atoms with Gasteiger partial charge in [-0.25, -0.2) is 0 Å². The molecular weight excluding hydrogens is 257 g/mol. The summed E-state index contributed by atoms with van der Waals surface area (Å²) >= 11 is 0. The van der Waals surface area contributed by atoms with Crippen molar-refractivity contribution in [1.82, 2.24) is 4.90 Å². The number of benzene rings is 1. The molecule has 1 unspecified atom stereocenters. The van der Waals surface area contributed by atoms with Crippen molar-refractivity contribution in [3.8, 4) is 0 Å². The molecule has 1 aliphatic heterocycles. The largest absolute Gasteiger partial charge is 0.390 e. The molecule has 19 heavy (non-hydrogen) atoms. The lowest BCUT2D eigenvalue weighted by Gasteiger charge is -2.21. The molecule has 0 saturated heterocycles. The van der Waals surface area contributed by atoms with E-state index in [1.54, 1.807) is 0 Å². The predicted molar refractivity (Wildman–Crippen MR) is 66.0 cm³/mol. The number of hydrogen-bond donors (Lipinski definition) is 1. The number of carbonyl (C=O) groups excluding carboxylic acids is 1. The molecule has 1 amide bonds. The highest BCUT2D eigenvalue weighted by atomic mass is 19.4. The molecule has 0 bridgehead atoms. The predicted octanol–water partition coefficient (Wildman–Crippen LogP) is 2.61. The summed E-state index contributed by atoms with van der Waals surface area (Å²) in [7, 11) is 1.41. The lowest BCUT2D eigenvalue weighted by atomic mass is 10.00. The first-order valence-corrected chi connectivity index (χ1v) is 6.03. The van der Waals surface area contributed by atoms with E-state index in [1.165, 1.54) is 7.05 Å². The first kappa shape index (κ1) is 13.7. The van der Waals surface area contributed by atoms with Crippen LogP contribution in [0.3, 0.4) is 0 Å². The maximum absolute atomic E-state index is 12.1. The quantitative estimate of drug-likeness (QED) is 0.917. The van der Waals surface area contributed by atoms with E-state index in [4.69, 9.17) is 0 Å². The summed E-state index contributed by atoms with van der Waals surface area (Å²) in [4.78, 5) is 13.3. The summed E-state index contributed by atoms with van der Waals surface area (Å²) in [5, 5.41) is 3.09. The van der Waals surface area contributed by atoms with Crippen LogP contribution in [0.5, 0.6) is 0 Å². The van der Waals surface area contributed by atoms with E-state index in [1.807, 2.05) is 24.3 Å². The van der Waals surface area contributed by atoms with Crippen LogP contribution in [0, 0.1) is 0 Å². The molecule has 2 rings (SSSR count). The average Bonchev–Trinajstić information content (AvgIpc) is 2.78. The third kappa shape index (κ3) is 3.19. The Hall–Kier alpha value is -1.72. The number of fused-ring (bicyclic) bond motifs is 1. The molecule has 104 valence electrons. The van der Waals surface area contributed by atoms with Crippen LogP contribution >= 0.6 is 0 Å². The fraction of sp³-hybridized carbons (Fsp3) is 0.462. The second-order valence-electron chi connectivity index (χ2n) is 4.65. The fourth-order valence-corrected chi connectivity index (χ4v) is 2.17. The van der Waals surface area contributed by atoms with E-state index < -0.39 is 18.5 Å². The molecule has 1 atom stereocenters. The van der Waals surface area contributed by atoms with Crippen LogP contribution in [0.2, 0.25) is 0 Å². The van der Waals surface area contributed by atoms with Gasteiger partial charge in [-0.1, -0.05) is 18.2 Å². The number of amides is 1. The molecule has 0 aromatic heterocycles. The Labute approximate surface area is 109 Å². The molecule has 1 aromatic rings. The molecule has 0 saturated carbocycles. The Kier molecular flexibility index (Phi) is 3.68. The van der Waals surface area contributed by atoms with Crippen molar-refractivity contribution in [2.75, 3.05) is 25.5 Å². The highest BCUT2D eigenvalue weighted by Crippen LogP contribution is 2.32. The molecule has 1 N–H and O–H groups in total. The standard InChI is InChI=1S/C13H15F3N2O/c1-18(7-6-13(14,15)16)12(19)10-8-17-11-5-3-2-4-9(10)11/h2-5,10,17H,6-8H2,1H3. The van der Waals surface area contributed by atoms with Gasteiger partial charge in [0, 0.05) is 25.8 Å². The third-order valence-corrected chi connectivity index (χ3v) is 3.24. The highest BCUT2D eigenvalue weighted by molar-refractivity contribution is 5.88. The molecule has 6 heteroatoms. The van der Waals surface area contributed by atoms with Crippen LogP contribution in [0.4, 0.5) is 18.9 Å². The van der Waals surface area contributed by atoms with Gasteiger partial charge in [0.15, 0.2) is 0 Å². The zero-order valence-corrected chi connectivity index (χ0v) is 10.5. The maximum atomic E-state index is 12.1. The number of rotatable bonds is 3. The smallest absolute Gasteiger partial charge is 0.384 e. The molecule has 0 radical (unpaired) electrons. The van der Waals surface area contributed by atoms with Crippen LogP contribution in [0.15, 0.2) is 24.3 Å². The van der Waals surface area contributed by atoms with Gasteiger partial charge in [0.1, 0.15) is 0 Å². The van der Waals surface area contributed by atoms with E-state index in [-0.39, 0.29) is 12.5 Å². The van der Waals surface area contributed by atoms with Gasteiger partial charge in [0.05, 0.1) is 12.3 Å². The average molecular weight is 272 g/mol. The third-order valence-electron chi connectivity index (χ3n) is 3.24. The number of alkyl halides is 3. The van der Waals surface area contributed by atoms with Gasteiger partial charge >= 0.3 is 6.18 Å². The Morgan fingerprint density at radius 3 is 2.79 bits per heavy atom. The monoisotopic (exact) mass is 272 g/mol. The summed E-state index contributed by atoms with van der Waals surface area (Å²) < 4.78 is 36.4. The Morgan fingerprint density at radius 2 is 2.11 bits per heavy atom. The summed E-state index contributed by atoms with van der Waals surface area (Å²) in [5.74, 6) is -0.670. The van der Waals surface area contributed by atoms with Crippen LogP contribution in [-0.2, 0) is 4.79 Å². The number of anilines is 1. The van der Waals surface area contributed by atoms with Crippen molar-refractivity contribution in [2.24, 2.45) is 0 Å². The van der Waals surface area contributed by atoms with Crippen molar-refractivity contribution >= 4 is 11.6 Å². The number of likely N-dealkylation sites (N-methyl/N-ethyl adjacent to an activating group) is 1. The van der Waals surface area contributed by atoms with Gasteiger partial charge in [-0.15, -0.1) is 0 Å². The van der Waals surface area contributed by atoms with Crippen LogP contribution < -0.4 is 5.32 Å². The number of carbonyl (C=O) groups is 1. The summed E-state index contributed by atoms with van der Waals surface area (Å²) in [5.41, 5.74) is 1.73. The topological polar surface area (TPSA) is 32.3 Å². The van der Waals surface area contributed by atoms with Gasteiger partial charge < -0.3 is 10.2 Å². The number of hydrogen-bond acceptors (Lipinski definition) is 2. The van der Waals surface area contributed by atoms with E-state index >= 15 is 0 Å². The molecule has 1 aromatic carbocycles. The van der Waals surface area contributed by atoms with Gasteiger partial charge in [-0.2, -0.15) is 13.2 Å². The van der Waals surface area contributed by atoms with Gasteiger partial charge in [-0.3, -0.25) is 4.79 Å². The number of halogens is 3. The maximum Gasteiger partial charge on any atom is 0.390 e. The first-order valence-electron chi connectivity index (χ1n) is 6.03. The Bertz CT molecular complexity index is 473. The summed E-state index contributed by atoms with van der Waals surface area (Å²) in [6.45, 7) is 0.134. The molecule has 3 nitrogen and oxygen atoms in total. The van der Waals surface area contributed by atoms with Crippen molar-refractivity contribution in [3.05, 3.63) is 29.8 Å². The zero-order valence-electron chi connectivity index (χ0n) is 10.5. The minimum absolute atomic E-state index is 0.276. The van der Waals surface area contributed by atoms with Crippen molar-refractivity contribution in [3.63, 3.8) is 0 Å². The Balaban J connectivity index is 2.01. The minimum Gasteiger partial charge on any atom is -0.384 e. The second-order valence-corrected chi connectivity index (χ2v) is 4.65. The molecule has 0 fully saturated rings. The van der Waals surface area contributed by atoms with Gasteiger partial charge in [0.25, 0.3) is 0 Å². The Morgan fingerprint density at radius 1 is 1.42 bits per heavy atom. The van der Waals surface area contributed by atoms with Crippen LogP contribution in [-0.4, -0.2) is 37.1 Å². The molecule has 1 heterocycles. The zero-order chi connectivity index (χ0) is 14.0. The van der Waals surface area contributed by atoms with E-state index in [0.717, 1.165) is 16.2 Å². The SMILES string of the molecule is CN(CCC(F)(F)F)C(=O)C1CNc2ccccc21. The van der Waals surface area contributed by atoms with Crippen molar-refractivity contribution in [1.29, 1.82) is 0 Å². The van der Waals surface area contributed by atoms with Gasteiger partial charge in [0.2, 0.25) is 5.91 Å². The number of nitrogens with zero attached hydrogens (tertiary/aromatic N) is 1. The number of para-hydroxylation sites is 1. The minimum atomic E-state index is -4.24. The molecule has 0 aliphatic carbocycles. The fourth-order valence-electron chi connectivity index (χ4n) is 2.17. The molecule has 0 spiro atoms. The van der Waals surface area contributed by atoms with E-state index in [9.17, 15) is 18.0 Å². The molecule has 1 aliphatic rings. The highest BCUT2D eigenvalue weighted by Gasteiger charge is 2.32. The summed E-state index contributed by atoms with van der Waals surface area (Å²) in [6, 6.07) is 7.36. The lowest BCUT2D eigenvalue weighted by molar-refractivity contribution is -0.144. The normalized spacial score (nSPS) is 17.8. The number of nitrogens with one attached hydrogen (secondary N) is 1. The lowest BCUT2D eigenvalue weighted by Crippen LogP contribution is -2.35. The van der Waals surface area contributed by atoms with Crippen LogP contribution in [0.25, 0.3) is 0 Å². The van der Waals surface area contributed by atoms with E-state index in [0.29, 0.717) is 6.54 Å².